The Balaban J connectivity index is 2.46. The largest absolute Gasteiger partial charge is 0.383 e. The van der Waals surface area contributed by atoms with Crippen LogP contribution in [0.3, 0.4) is 0 Å². The van der Waals surface area contributed by atoms with Gasteiger partial charge in [0, 0.05) is 19.2 Å². The first kappa shape index (κ1) is 13.9. The predicted octanol–water partition coefficient (Wildman–Crippen LogP) is 2.00. The first-order valence-electron chi connectivity index (χ1n) is 5.43. The van der Waals surface area contributed by atoms with E-state index in [1.54, 1.807) is 25.3 Å². The second-order valence-corrected chi connectivity index (χ2v) is 4.04. The zero-order valence-electron chi connectivity index (χ0n) is 10.00. The fraction of sp³-hybridized carbons (Fsp3) is 0.417. The highest BCUT2D eigenvalue weighted by molar-refractivity contribution is 7.80. The molecule has 0 aliphatic rings. The van der Waals surface area contributed by atoms with E-state index in [0.717, 1.165) is 0 Å². The summed E-state index contributed by atoms with van der Waals surface area (Å²) in [5.41, 5.74) is 0.600. The molecule has 0 radical (unpaired) electrons. The Bertz CT molecular complexity index is 373. The molecule has 3 nitrogen and oxygen atoms in total. The van der Waals surface area contributed by atoms with Gasteiger partial charge in [-0.2, -0.15) is 0 Å². The normalized spacial score (nSPS) is 11.9. The number of benzene rings is 1. The van der Waals surface area contributed by atoms with Crippen LogP contribution in [0.1, 0.15) is 18.5 Å². The van der Waals surface area contributed by atoms with Gasteiger partial charge < -0.3 is 15.4 Å². The van der Waals surface area contributed by atoms with Crippen LogP contribution in [0.15, 0.2) is 24.3 Å². The van der Waals surface area contributed by atoms with Crippen LogP contribution in [0.25, 0.3) is 0 Å². The van der Waals surface area contributed by atoms with Crippen molar-refractivity contribution >= 4 is 17.3 Å². The Labute approximate surface area is 106 Å². The van der Waals surface area contributed by atoms with Gasteiger partial charge in [-0.15, -0.1) is 0 Å². The second kappa shape index (κ2) is 7.19. The molecule has 5 heteroatoms. The van der Waals surface area contributed by atoms with Crippen LogP contribution >= 0.6 is 12.2 Å². The maximum atomic E-state index is 13.5. The van der Waals surface area contributed by atoms with Gasteiger partial charge in [0.05, 0.1) is 12.6 Å². The molecular formula is C12H17FN2OS. The van der Waals surface area contributed by atoms with Crippen LogP contribution < -0.4 is 10.6 Å². The molecule has 0 saturated heterocycles. The molecule has 0 spiro atoms. The SMILES string of the molecule is COCCNC(=S)NC(C)c1ccccc1F. The molecule has 1 aromatic carbocycles. The van der Waals surface area contributed by atoms with Crippen molar-refractivity contribution in [3.05, 3.63) is 35.6 Å². The molecule has 0 aliphatic carbocycles. The third-order valence-electron chi connectivity index (χ3n) is 2.31. The van der Waals surface area contributed by atoms with Crippen molar-refractivity contribution in [2.45, 2.75) is 13.0 Å². The first-order valence-corrected chi connectivity index (χ1v) is 5.83. The zero-order chi connectivity index (χ0) is 12.7. The minimum absolute atomic E-state index is 0.168. The van der Waals surface area contributed by atoms with Gasteiger partial charge in [-0.05, 0) is 25.2 Å². The maximum absolute atomic E-state index is 13.5. The lowest BCUT2D eigenvalue weighted by molar-refractivity contribution is 0.204. The van der Waals surface area contributed by atoms with Gasteiger partial charge in [0.2, 0.25) is 0 Å². The molecule has 0 aromatic heterocycles. The molecule has 17 heavy (non-hydrogen) atoms. The van der Waals surface area contributed by atoms with Gasteiger partial charge in [-0.3, -0.25) is 0 Å². The molecule has 0 heterocycles. The van der Waals surface area contributed by atoms with E-state index in [4.69, 9.17) is 17.0 Å². The number of nitrogens with one attached hydrogen (secondary N) is 2. The average Bonchev–Trinajstić information content (AvgIpc) is 2.29. The monoisotopic (exact) mass is 256 g/mol. The Morgan fingerprint density at radius 3 is 2.82 bits per heavy atom. The van der Waals surface area contributed by atoms with E-state index < -0.39 is 0 Å². The number of hydrogen-bond donors (Lipinski definition) is 2. The first-order chi connectivity index (χ1) is 8.15. The van der Waals surface area contributed by atoms with E-state index >= 15 is 0 Å². The van der Waals surface area contributed by atoms with Crippen molar-refractivity contribution in [2.24, 2.45) is 0 Å². The van der Waals surface area contributed by atoms with E-state index in [1.165, 1.54) is 6.07 Å². The van der Waals surface area contributed by atoms with E-state index in [2.05, 4.69) is 10.6 Å². The van der Waals surface area contributed by atoms with E-state index in [0.29, 0.717) is 23.8 Å². The Morgan fingerprint density at radius 1 is 1.47 bits per heavy atom. The van der Waals surface area contributed by atoms with Crippen LogP contribution in [0.2, 0.25) is 0 Å². The van der Waals surface area contributed by atoms with Gasteiger partial charge >= 0.3 is 0 Å². The molecule has 1 rings (SSSR count). The quantitative estimate of drug-likeness (QED) is 0.623. The molecule has 0 saturated carbocycles. The molecule has 0 aliphatic heterocycles. The topological polar surface area (TPSA) is 33.3 Å². The molecule has 2 N–H and O–H groups in total. The summed E-state index contributed by atoms with van der Waals surface area (Å²) < 4.78 is 18.4. The van der Waals surface area contributed by atoms with Crippen LogP contribution in [0.4, 0.5) is 4.39 Å². The van der Waals surface area contributed by atoms with E-state index in [1.807, 2.05) is 6.92 Å². The Morgan fingerprint density at radius 2 is 2.18 bits per heavy atom. The second-order valence-electron chi connectivity index (χ2n) is 3.64. The summed E-state index contributed by atoms with van der Waals surface area (Å²) in [6.07, 6.45) is 0. The smallest absolute Gasteiger partial charge is 0.166 e. The molecule has 1 atom stereocenters. The standard InChI is InChI=1S/C12H17FN2OS/c1-9(10-5-3-4-6-11(10)13)15-12(17)14-7-8-16-2/h3-6,9H,7-8H2,1-2H3,(H2,14,15,17). The minimum Gasteiger partial charge on any atom is -0.383 e. The lowest BCUT2D eigenvalue weighted by Crippen LogP contribution is -2.38. The van der Waals surface area contributed by atoms with Gasteiger partial charge in [0.15, 0.2) is 5.11 Å². The summed E-state index contributed by atoms with van der Waals surface area (Å²) >= 11 is 5.09. The summed E-state index contributed by atoms with van der Waals surface area (Å²) in [5.74, 6) is -0.229. The summed E-state index contributed by atoms with van der Waals surface area (Å²) in [4.78, 5) is 0. The fourth-order valence-electron chi connectivity index (χ4n) is 1.42. The highest BCUT2D eigenvalue weighted by Gasteiger charge is 2.10. The molecule has 1 aromatic rings. The van der Waals surface area contributed by atoms with Gasteiger partial charge in [0.1, 0.15) is 5.82 Å². The van der Waals surface area contributed by atoms with Gasteiger partial charge in [-0.25, -0.2) is 4.39 Å². The fourth-order valence-corrected chi connectivity index (χ4v) is 1.70. The third kappa shape index (κ3) is 4.66. The molecule has 1 unspecified atom stereocenters. The van der Waals surface area contributed by atoms with Crippen molar-refractivity contribution in [3.8, 4) is 0 Å². The predicted molar refractivity (Wildman–Crippen MR) is 70.4 cm³/mol. The van der Waals surface area contributed by atoms with Gasteiger partial charge in [-0.1, -0.05) is 18.2 Å². The third-order valence-corrected chi connectivity index (χ3v) is 2.57. The van der Waals surface area contributed by atoms with Crippen LogP contribution in [0.5, 0.6) is 0 Å². The lowest BCUT2D eigenvalue weighted by atomic mass is 10.1. The van der Waals surface area contributed by atoms with Crippen LogP contribution in [-0.2, 0) is 4.74 Å². The molecular weight excluding hydrogens is 239 g/mol. The van der Waals surface area contributed by atoms with Gasteiger partial charge in [0.25, 0.3) is 0 Å². The zero-order valence-corrected chi connectivity index (χ0v) is 10.8. The molecule has 0 amide bonds. The van der Waals surface area contributed by atoms with Crippen LogP contribution in [-0.4, -0.2) is 25.4 Å². The van der Waals surface area contributed by atoms with Crippen LogP contribution in [0, 0.1) is 5.82 Å². The lowest BCUT2D eigenvalue weighted by Gasteiger charge is -2.17. The molecule has 0 bridgehead atoms. The maximum Gasteiger partial charge on any atom is 0.166 e. The minimum atomic E-state index is -0.229. The molecule has 94 valence electrons. The number of thiocarbonyl (C=S) groups is 1. The number of hydrogen-bond acceptors (Lipinski definition) is 2. The van der Waals surface area contributed by atoms with Crippen molar-refractivity contribution in [2.75, 3.05) is 20.3 Å². The van der Waals surface area contributed by atoms with Crippen molar-refractivity contribution < 1.29 is 9.13 Å². The Hall–Kier alpha value is -1.20. The summed E-state index contributed by atoms with van der Waals surface area (Å²) in [6, 6.07) is 6.48. The summed E-state index contributed by atoms with van der Waals surface area (Å²) in [7, 11) is 1.63. The van der Waals surface area contributed by atoms with Crippen molar-refractivity contribution in [1.82, 2.24) is 10.6 Å². The van der Waals surface area contributed by atoms with Crippen molar-refractivity contribution in [1.29, 1.82) is 0 Å². The van der Waals surface area contributed by atoms with E-state index in [9.17, 15) is 4.39 Å². The number of methoxy groups -OCH3 is 1. The van der Waals surface area contributed by atoms with E-state index in [-0.39, 0.29) is 11.9 Å². The highest BCUT2D eigenvalue weighted by Crippen LogP contribution is 2.15. The number of halogens is 1. The highest BCUT2D eigenvalue weighted by atomic mass is 32.1. The number of ether oxygens (including phenoxy) is 1. The Kier molecular flexibility index (Phi) is 5.86. The average molecular weight is 256 g/mol. The van der Waals surface area contributed by atoms with Crippen molar-refractivity contribution in [3.63, 3.8) is 0 Å². The summed E-state index contributed by atoms with van der Waals surface area (Å²) in [6.45, 7) is 3.07. The molecule has 0 fully saturated rings. The summed E-state index contributed by atoms with van der Waals surface area (Å²) in [5, 5.41) is 6.50. The number of rotatable bonds is 5.